The molecule has 0 aliphatic carbocycles. The number of carbonyl (C=O) groups is 1. The van der Waals surface area contributed by atoms with Gasteiger partial charge in [-0.15, -0.1) is 0 Å². The molecule has 0 saturated heterocycles. The predicted molar refractivity (Wildman–Crippen MR) is 117 cm³/mol. The maximum Gasteiger partial charge on any atom is 1.00 e. The first-order chi connectivity index (χ1) is 12.5. The van der Waals surface area contributed by atoms with E-state index in [1.54, 1.807) is 48.7 Å². The van der Waals surface area contributed by atoms with Gasteiger partial charge in [0, 0.05) is 27.4 Å². The third-order valence-electron chi connectivity index (χ3n) is 3.37. The number of aromatic nitrogens is 4. The number of ether oxygens (including phenoxy) is 1. The average Bonchev–Trinajstić information content (AvgIpc) is 3.24. The third-order valence-corrected chi connectivity index (χ3v) is 4.19. The summed E-state index contributed by atoms with van der Waals surface area (Å²) in [6.07, 6.45) is 6.91. The molecule has 0 bridgehead atoms. The Kier molecular flexibility index (Phi) is 18.0. The summed E-state index contributed by atoms with van der Waals surface area (Å²) in [4.78, 5) is 11.3. The van der Waals surface area contributed by atoms with Crippen molar-refractivity contribution in [3.8, 4) is 0 Å². The maximum atomic E-state index is 11.3. The fraction of sp³-hybridized carbons (Fsp3) is 0.588. The molecule has 0 aliphatic rings. The molecule has 0 saturated carbocycles. The molecule has 0 aromatic carbocycles. The minimum Gasteiger partial charge on any atom is -1.00 e. The van der Waals surface area contributed by atoms with E-state index in [1.807, 2.05) is 20.0 Å². The maximum absolute atomic E-state index is 11.3. The average molecular weight is 547 g/mol. The molecule has 3 radical (unpaired) electrons. The molecule has 159 valence electrons. The van der Waals surface area contributed by atoms with Crippen LogP contribution < -0.4 is 29.6 Å². The molecule has 8 nitrogen and oxygen atoms in total. The number of hydrogen-bond acceptors (Lipinski definition) is 6. The van der Waals surface area contributed by atoms with Crippen molar-refractivity contribution in [3.63, 3.8) is 0 Å². The number of nitrogens with zero attached hydrogens (tertiary/aromatic N) is 4. The Hall–Kier alpha value is -0.165. The van der Waals surface area contributed by atoms with Gasteiger partial charge in [0.2, 0.25) is 0 Å². The van der Waals surface area contributed by atoms with Crippen molar-refractivity contribution in [2.45, 2.75) is 45.7 Å². The second-order valence-electron chi connectivity index (χ2n) is 6.54. The summed E-state index contributed by atoms with van der Waals surface area (Å²) >= 11 is 6.55. The Bertz CT molecular complexity index is 717. The molecular formula is C17H29BBr2N4NaO4. The van der Waals surface area contributed by atoms with E-state index >= 15 is 0 Å². The van der Waals surface area contributed by atoms with Crippen LogP contribution in [0.1, 0.15) is 36.0 Å². The summed E-state index contributed by atoms with van der Waals surface area (Å²) in [6.45, 7) is 9.36. The van der Waals surface area contributed by atoms with E-state index in [-0.39, 0.29) is 64.1 Å². The standard InChI is InChI=1S/C8H11BrN2O2.C7H11BrN2O.C2H6O.B.Na.H/c1-8(2,7(12)13-3)11-5-6(9)4-10-11;1-7(2,5-11)10-4-6(8)3-9-10;1-2-3;;;/h4-5H,1-3H3;3-4,11H,5H2,1-2H3;3H,2H2,1H3;;;/q;;;;+1;-1. The van der Waals surface area contributed by atoms with Crippen LogP contribution in [-0.4, -0.2) is 64.5 Å². The molecule has 29 heavy (non-hydrogen) atoms. The Morgan fingerprint density at radius 3 is 1.76 bits per heavy atom. The van der Waals surface area contributed by atoms with Gasteiger partial charge < -0.3 is 16.4 Å². The van der Waals surface area contributed by atoms with E-state index in [0.717, 1.165) is 8.95 Å². The van der Waals surface area contributed by atoms with Gasteiger partial charge in [-0.05, 0) is 66.5 Å². The molecule has 2 aromatic rings. The number of halogens is 2. The Morgan fingerprint density at radius 2 is 1.48 bits per heavy atom. The molecule has 0 atom stereocenters. The van der Waals surface area contributed by atoms with E-state index in [4.69, 9.17) is 10.2 Å². The van der Waals surface area contributed by atoms with Gasteiger partial charge in [0.15, 0.2) is 5.54 Å². The Labute approximate surface area is 215 Å². The first-order valence-corrected chi connectivity index (χ1v) is 9.76. The molecular weight excluding hydrogens is 518 g/mol. The molecule has 0 unspecified atom stereocenters. The summed E-state index contributed by atoms with van der Waals surface area (Å²) in [6, 6.07) is 0. The fourth-order valence-electron chi connectivity index (χ4n) is 1.65. The van der Waals surface area contributed by atoms with E-state index < -0.39 is 5.54 Å². The number of methoxy groups -OCH3 is 1. The SMILES string of the molecule is CC(C)(CO)n1cc(Br)cn1.CCO.COC(=O)C(C)(C)n1cc(Br)cn1.[B].[H-].[Na+]. The normalized spacial score (nSPS) is 10.3. The molecule has 2 rings (SSSR count). The third kappa shape index (κ3) is 11.1. The van der Waals surface area contributed by atoms with Crippen molar-refractivity contribution >= 4 is 46.2 Å². The fourth-order valence-corrected chi connectivity index (χ4v) is 2.23. The number of aliphatic hydroxyl groups is 2. The minimum atomic E-state index is -0.763. The zero-order valence-corrected chi connectivity index (χ0v) is 23.2. The van der Waals surface area contributed by atoms with E-state index in [1.165, 1.54) is 7.11 Å². The quantitative estimate of drug-likeness (QED) is 0.402. The van der Waals surface area contributed by atoms with Gasteiger partial charge in [-0.2, -0.15) is 10.2 Å². The molecule has 2 heterocycles. The topological polar surface area (TPSA) is 102 Å². The number of aliphatic hydroxyl groups excluding tert-OH is 2. The van der Waals surface area contributed by atoms with E-state index in [0.29, 0.717) is 0 Å². The summed E-state index contributed by atoms with van der Waals surface area (Å²) in [5.74, 6) is -0.317. The molecule has 0 aliphatic heterocycles. The summed E-state index contributed by atoms with van der Waals surface area (Å²) < 4.78 is 9.72. The van der Waals surface area contributed by atoms with Crippen LogP contribution in [-0.2, 0) is 20.6 Å². The van der Waals surface area contributed by atoms with Gasteiger partial charge in [-0.3, -0.25) is 9.36 Å². The molecule has 0 spiro atoms. The molecule has 2 aromatic heterocycles. The molecule has 12 heteroatoms. The van der Waals surface area contributed by atoms with Crippen LogP contribution >= 0.6 is 31.9 Å². The smallest absolute Gasteiger partial charge is 1.00 e. The van der Waals surface area contributed by atoms with Crippen molar-refractivity contribution in [2.24, 2.45) is 0 Å². The van der Waals surface area contributed by atoms with Crippen molar-refractivity contribution in [2.75, 3.05) is 20.3 Å². The number of hydrogen-bond donors (Lipinski definition) is 2. The van der Waals surface area contributed by atoms with Gasteiger partial charge in [0.1, 0.15) is 0 Å². The summed E-state index contributed by atoms with van der Waals surface area (Å²) in [5.41, 5.74) is -1.08. The molecule has 0 amide bonds. The minimum absolute atomic E-state index is 0. The Morgan fingerprint density at radius 1 is 1.10 bits per heavy atom. The van der Waals surface area contributed by atoms with E-state index in [2.05, 4.69) is 46.8 Å². The van der Waals surface area contributed by atoms with Gasteiger partial charge in [-0.1, -0.05) is 0 Å². The second kappa shape index (κ2) is 15.6. The zero-order chi connectivity index (χ0) is 21.3. The first kappa shape index (κ1) is 33.5. The second-order valence-corrected chi connectivity index (χ2v) is 8.37. The molecule has 0 fully saturated rings. The van der Waals surface area contributed by atoms with Crippen LogP contribution in [0.3, 0.4) is 0 Å². The first-order valence-electron chi connectivity index (χ1n) is 8.17. The van der Waals surface area contributed by atoms with Crippen molar-refractivity contribution in [1.82, 2.24) is 19.6 Å². The van der Waals surface area contributed by atoms with Gasteiger partial charge >= 0.3 is 35.5 Å². The van der Waals surface area contributed by atoms with Crippen LogP contribution in [0.25, 0.3) is 0 Å². The van der Waals surface area contributed by atoms with Gasteiger partial charge in [-0.25, -0.2) is 4.79 Å². The zero-order valence-electron chi connectivity index (χ0n) is 19.1. The van der Waals surface area contributed by atoms with Crippen LogP contribution in [0.4, 0.5) is 0 Å². The van der Waals surface area contributed by atoms with E-state index in [9.17, 15) is 4.79 Å². The van der Waals surface area contributed by atoms with Crippen molar-refractivity contribution in [1.29, 1.82) is 0 Å². The number of rotatable bonds is 4. The van der Waals surface area contributed by atoms with Crippen molar-refractivity contribution < 1.29 is 50.7 Å². The van der Waals surface area contributed by atoms with Crippen molar-refractivity contribution in [3.05, 3.63) is 33.7 Å². The monoisotopic (exact) mass is 545 g/mol. The van der Waals surface area contributed by atoms with Gasteiger partial charge in [0.25, 0.3) is 0 Å². The number of carbonyl (C=O) groups excluding carboxylic acids is 1. The summed E-state index contributed by atoms with van der Waals surface area (Å²) in [7, 11) is 1.36. The van der Waals surface area contributed by atoms with Crippen LogP contribution in [0.15, 0.2) is 33.7 Å². The van der Waals surface area contributed by atoms with Crippen LogP contribution in [0, 0.1) is 0 Å². The van der Waals surface area contributed by atoms with Crippen LogP contribution in [0.5, 0.6) is 0 Å². The Balaban J connectivity index is -0.000000184. The predicted octanol–water partition coefficient (Wildman–Crippen LogP) is -0.339. The molecule has 2 N–H and O–H groups in total. The summed E-state index contributed by atoms with van der Waals surface area (Å²) in [5, 5.41) is 24.6. The van der Waals surface area contributed by atoms with Gasteiger partial charge in [0.05, 0.1) is 40.6 Å². The largest absolute Gasteiger partial charge is 1.00 e. The van der Waals surface area contributed by atoms with Crippen LogP contribution in [0.2, 0.25) is 0 Å². The number of esters is 1.